The van der Waals surface area contributed by atoms with Gasteiger partial charge in [-0.2, -0.15) is 0 Å². The van der Waals surface area contributed by atoms with Gasteiger partial charge in [-0.15, -0.1) is 0 Å². The third-order valence-electron chi connectivity index (χ3n) is 1.25. The van der Waals surface area contributed by atoms with E-state index in [9.17, 15) is 9.59 Å². The summed E-state index contributed by atoms with van der Waals surface area (Å²) in [6, 6.07) is 1.58. The highest BCUT2D eigenvalue weighted by atomic mass is 32.1. The van der Waals surface area contributed by atoms with E-state index in [4.69, 9.17) is 0 Å². The minimum atomic E-state index is -0.520. The molecule has 0 saturated heterocycles. The summed E-state index contributed by atoms with van der Waals surface area (Å²) in [6.45, 7) is 0. The van der Waals surface area contributed by atoms with Gasteiger partial charge < -0.3 is 4.74 Å². The van der Waals surface area contributed by atoms with Crippen molar-refractivity contribution >= 4 is 23.3 Å². The zero-order chi connectivity index (χ0) is 8.97. The van der Waals surface area contributed by atoms with E-state index >= 15 is 0 Å². The van der Waals surface area contributed by atoms with Gasteiger partial charge in [0.1, 0.15) is 6.42 Å². The molecule has 5 heteroatoms. The predicted molar refractivity (Wildman–Crippen MR) is 43.1 cm³/mol. The van der Waals surface area contributed by atoms with Crippen molar-refractivity contribution in [3.05, 3.63) is 17.1 Å². The lowest BCUT2D eigenvalue weighted by Gasteiger charge is -1.94. The van der Waals surface area contributed by atoms with Gasteiger partial charge in [-0.25, -0.2) is 4.37 Å². The number of Topliss-reactive ketones (excluding diaryl/α,β-unsaturated/α-hetero) is 1. The molecule has 1 aromatic heterocycles. The summed E-state index contributed by atoms with van der Waals surface area (Å²) < 4.78 is 8.09. The molecule has 0 amide bonds. The number of hydrogen-bond acceptors (Lipinski definition) is 5. The van der Waals surface area contributed by atoms with E-state index in [1.165, 1.54) is 13.3 Å². The van der Waals surface area contributed by atoms with E-state index in [0.29, 0.717) is 4.88 Å². The van der Waals surface area contributed by atoms with Gasteiger partial charge in [0.15, 0.2) is 5.78 Å². The summed E-state index contributed by atoms with van der Waals surface area (Å²) in [5.74, 6) is -0.766. The van der Waals surface area contributed by atoms with Crippen LogP contribution in [0.15, 0.2) is 12.3 Å². The molecular formula is C7H7NO3S. The monoisotopic (exact) mass is 185 g/mol. The molecular weight excluding hydrogens is 178 g/mol. The van der Waals surface area contributed by atoms with Crippen molar-refractivity contribution in [3.8, 4) is 0 Å². The number of aromatic nitrogens is 1. The van der Waals surface area contributed by atoms with Gasteiger partial charge in [0.05, 0.1) is 12.0 Å². The average Bonchev–Trinajstić information content (AvgIpc) is 2.56. The maximum atomic E-state index is 11.1. The van der Waals surface area contributed by atoms with Crippen molar-refractivity contribution in [1.29, 1.82) is 0 Å². The highest BCUT2D eigenvalue weighted by Gasteiger charge is 2.12. The molecule has 12 heavy (non-hydrogen) atoms. The molecule has 1 rings (SSSR count). The molecule has 0 aliphatic heterocycles. The first-order valence-corrected chi connectivity index (χ1v) is 4.02. The van der Waals surface area contributed by atoms with Gasteiger partial charge in [-0.3, -0.25) is 9.59 Å². The van der Waals surface area contributed by atoms with Crippen LogP contribution in [0.4, 0.5) is 0 Å². The molecule has 0 aliphatic carbocycles. The number of ketones is 1. The third kappa shape index (κ3) is 2.13. The number of carbonyl (C=O) groups excluding carboxylic acids is 2. The first-order chi connectivity index (χ1) is 5.74. The van der Waals surface area contributed by atoms with Crippen LogP contribution in [0, 0.1) is 0 Å². The van der Waals surface area contributed by atoms with Crippen molar-refractivity contribution in [3.63, 3.8) is 0 Å². The van der Waals surface area contributed by atoms with Crippen molar-refractivity contribution in [2.24, 2.45) is 0 Å². The number of carbonyl (C=O) groups is 2. The zero-order valence-corrected chi connectivity index (χ0v) is 7.26. The number of hydrogen-bond donors (Lipinski definition) is 0. The van der Waals surface area contributed by atoms with Crippen LogP contribution in [-0.2, 0) is 9.53 Å². The average molecular weight is 185 g/mol. The summed E-state index contributed by atoms with van der Waals surface area (Å²) >= 11 is 1.08. The molecule has 0 N–H and O–H groups in total. The van der Waals surface area contributed by atoms with Crippen LogP contribution in [0.1, 0.15) is 16.1 Å². The molecule has 0 saturated carbocycles. The summed E-state index contributed by atoms with van der Waals surface area (Å²) in [7, 11) is 1.25. The van der Waals surface area contributed by atoms with Gasteiger partial charge in [-0.05, 0) is 17.6 Å². The molecule has 4 nitrogen and oxygen atoms in total. The van der Waals surface area contributed by atoms with Gasteiger partial charge in [0.2, 0.25) is 0 Å². The van der Waals surface area contributed by atoms with E-state index in [-0.39, 0.29) is 12.2 Å². The Morgan fingerprint density at radius 3 is 2.92 bits per heavy atom. The molecule has 0 radical (unpaired) electrons. The molecule has 0 aliphatic rings. The van der Waals surface area contributed by atoms with Gasteiger partial charge >= 0.3 is 5.97 Å². The molecule has 1 heterocycles. The third-order valence-corrected chi connectivity index (χ3v) is 2.03. The van der Waals surface area contributed by atoms with E-state index in [2.05, 4.69) is 9.11 Å². The lowest BCUT2D eigenvalue weighted by Crippen LogP contribution is -2.07. The predicted octanol–water partition coefficient (Wildman–Crippen LogP) is 0.889. The van der Waals surface area contributed by atoms with Crippen LogP contribution >= 0.6 is 11.5 Å². The van der Waals surface area contributed by atoms with Crippen LogP contribution in [0.25, 0.3) is 0 Å². The molecule has 0 aromatic carbocycles. The fourth-order valence-electron chi connectivity index (χ4n) is 0.650. The van der Waals surface area contributed by atoms with Crippen molar-refractivity contribution in [1.82, 2.24) is 4.37 Å². The first-order valence-electron chi connectivity index (χ1n) is 3.24. The Morgan fingerprint density at radius 2 is 2.42 bits per heavy atom. The van der Waals surface area contributed by atoms with Crippen LogP contribution in [0.3, 0.4) is 0 Å². The van der Waals surface area contributed by atoms with Gasteiger partial charge in [0.25, 0.3) is 0 Å². The Balaban J connectivity index is 2.56. The number of nitrogens with zero attached hydrogens (tertiary/aromatic N) is 1. The SMILES string of the molecule is COC(=O)CC(=O)c1ccns1. The van der Waals surface area contributed by atoms with Crippen LogP contribution in [-0.4, -0.2) is 23.2 Å². The Labute approximate surface area is 73.3 Å². The Morgan fingerprint density at radius 1 is 1.67 bits per heavy atom. The van der Waals surface area contributed by atoms with E-state index in [1.807, 2.05) is 0 Å². The summed E-state index contributed by atoms with van der Waals surface area (Å²) in [5.41, 5.74) is 0. The Kier molecular flexibility index (Phi) is 2.93. The molecule has 0 spiro atoms. The number of rotatable bonds is 3. The number of esters is 1. The molecule has 64 valence electrons. The minimum Gasteiger partial charge on any atom is -0.469 e. The molecule has 0 fully saturated rings. The summed E-state index contributed by atoms with van der Waals surface area (Å²) in [5, 5.41) is 0. The van der Waals surface area contributed by atoms with E-state index in [1.54, 1.807) is 6.07 Å². The standard InChI is InChI=1S/C7H7NO3S/c1-11-7(10)4-5(9)6-2-3-8-12-6/h2-3H,4H2,1H3. The fourth-order valence-corrected chi connectivity index (χ4v) is 1.18. The van der Waals surface area contributed by atoms with Crippen molar-refractivity contribution < 1.29 is 14.3 Å². The number of methoxy groups -OCH3 is 1. The summed E-state index contributed by atoms with van der Waals surface area (Å²) in [6.07, 6.45) is 1.31. The van der Waals surface area contributed by atoms with E-state index in [0.717, 1.165) is 11.5 Å². The lowest BCUT2D eigenvalue weighted by atomic mass is 10.2. The maximum Gasteiger partial charge on any atom is 0.313 e. The topological polar surface area (TPSA) is 56.3 Å². The number of ether oxygens (including phenoxy) is 1. The second-order valence-electron chi connectivity index (χ2n) is 2.05. The molecule has 0 unspecified atom stereocenters. The minimum absolute atomic E-state index is 0.210. The normalized spacial score (nSPS) is 9.42. The Bertz CT molecular complexity index is 281. The second kappa shape index (κ2) is 3.96. The second-order valence-corrected chi connectivity index (χ2v) is 2.89. The smallest absolute Gasteiger partial charge is 0.313 e. The van der Waals surface area contributed by atoms with Gasteiger partial charge in [0, 0.05) is 6.20 Å². The summed E-state index contributed by atoms with van der Waals surface area (Å²) in [4.78, 5) is 22.3. The lowest BCUT2D eigenvalue weighted by molar-refractivity contribution is -0.139. The van der Waals surface area contributed by atoms with Crippen molar-refractivity contribution in [2.75, 3.05) is 7.11 Å². The largest absolute Gasteiger partial charge is 0.469 e. The Hall–Kier alpha value is -1.23. The van der Waals surface area contributed by atoms with Crippen LogP contribution in [0.5, 0.6) is 0 Å². The highest BCUT2D eigenvalue weighted by Crippen LogP contribution is 2.07. The van der Waals surface area contributed by atoms with Crippen molar-refractivity contribution in [2.45, 2.75) is 6.42 Å². The zero-order valence-electron chi connectivity index (χ0n) is 6.44. The highest BCUT2D eigenvalue weighted by molar-refractivity contribution is 7.08. The molecule has 1 aromatic rings. The van der Waals surface area contributed by atoms with Gasteiger partial charge in [-0.1, -0.05) is 0 Å². The molecule has 0 bridgehead atoms. The fraction of sp³-hybridized carbons (Fsp3) is 0.286. The van der Waals surface area contributed by atoms with Crippen LogP contribution < -0.4 is 0 Å². The first kappa shape index (κ1) is 8.86. The maximum absolute atomic E-state index is 11.1. The van der Waals surface area contributed by atoms with E-state index < -0.39 is 5.97 Å². The quantitative estimate of drug-likeness (QED) is 0.398. The van der Waals surface area contributed by atoms with Crippen LogP contribution in [0.2, 0.25) is 0 Å². The molecule has 0 atom stereocenters.